The van der Waals surface area contributed by atoms with E-state index < -0.39 is 0 Å². The summed E-state index contributed by atoms with van der Waals surface area (Å²) in [6.45, 7) is 6.79. The summed E-state index contributed by atoms with van der Waals surface area (Å²) in [4.78, 5) is 22.4. The maximum atomic E-state index is 13.0. The Morgan fingerprint density at radius 2 is 1.82 bits per heavy atom. The average molecular weight is 513 g/mol. The lowest BCUT2D eigenvalue weighted by Gasteiger charge is -2.26. The van der Waals surface area contributed by atoms with Crippen molar-refractivity contribution in [2.45, 2.75) is 19.9 Å². The monoisotopic (exact) mass is 512 g/mol. The van der Waals surface area contributed by atoms with Gasteiger partial charge in [-0.3, -0.25) is 9.69 Å². The average Bonchev–Trinajstić information content (AvgIpc) is 3.49. The fourth-order valence-electron chi connectivity index (χ4n) is 4.58. The third-order valence-electron chi connectivity index (χ3n) is 6.39. The number of aromatic amines is 1. The summed E-state index contributed by atoms with van der Waals surface area (Å²) < 4.78 is 5.42. The first-order valence-electron chi connectivity index (χ1n) is 12.9. The van der Waals surface area contributed by atoms with Gasteiger partial charge in [-0.2, -0.15) is 5.21 Å². The summed E-state index contributed by atoms with van der Waals surface area (Å²) in [5.41, 5.74) is 4.27. The quantitative estimate of drug-likeness (QED) is 0.331. The number of tetrazole rings is 1. The molecular formula is C28H32N8O2. The molecule has 4 aromatic rings. The first-order valence-corrected chi connectivity index (χ1v) is 12.9. The van der Waals surface area contributed by atoms with Crippen LogP contribution in [-0.4, -0.2) is 75.8 Å². The number of rotatable bonds is 10. The van der Waals surface area contributed by atoms with Crippen LogP contribution in [0.3, 0.4) is 0 Å². The van der Waals surface area contributed by atoms with Gasteiger partial charge in [0.1, 0.15) is 5.82 Å². The highest BCUT2D eigenvalue weighted by Gasteiger charge is 2.19. The zero-order valence-corrected chi connectivity index (χ0v) is 21.5. The van der Waals surface area contributed by atoms with Gasteiger partial charge in [-0.1, -0.05) is 61.5 Å². The molecule has 1 aliphatic rings. The Hall–Kier alpha value is -4.15. The number of carbonyl (C=O) groups is 1. The summed E-state index contributed by atoms with van der Waals surface area (Å²) in [7, 11) is 0. The maximum Gasteiger partial charge on any atom is 0.238 e. The maximum absolute atomic E-state index is 13.0. The second-order valence-corrected chi connectivity index (χ2v) is 9.22. The third-order valence-corrected chi connectivity index (χ3v) is 6.39. The molecule has 38 heavy (non-hydrogen) atoms. The summed E-state index contributed by atoms with van der Waals surface area (Å²) in [6, 6.07) is 22.0. The highest BCUT2D eigenvalue weighted by molar-refractivity contribution is 5.93. The summed E-state index contributed by atoms with van der Waals surface area (Å²) in [6.07, 6.45) is 0.955. The molecule has 2 aromatic carbocycles. The van der Waals surface area contributed by atoms with E-state index in [4.69, 9.17) is 9.72 Å². The molecule has 1 saturated heterocycles. The molecule has 0 unspecified atom stereocenters. The molecule has 5 rings (SSSR count). The van der Waals surface area contributed by atoms with Crippen LogP contribution in [0.15, 0.2) is 66.7 Å². The van der Waals surface area contributed by atoms with Crippen LogP contribution >= 0.6 is 0 Å². The van der Waals surface area contributed by atoms with Gasteiger partial charge in [0.05, 0.1) is 25.5 Å². The van der Waals surface area contributed by atoms with Crippen molar-refractivity contribution in [1.29, 1.82) is 0 Å². The SMILES string of the molecule is CCCN(Cc1ccccc1)c1cc(NC(=O)CN2CCOCC2)cc(-c2ccccc2-c2nn[nH]n2)n1. The second-order valence-electron chi connectivity index (χ2n) is 9.22. The highest BCUT2D eigenvalue weighted by Crippen LogP contribution is 2.32. The molecule has 2 aromatic heterocycles. The first kappa shape index (κ1) is 25.5. The molecule has 3 heterocycles. The van der Waals surface area contributed by atoms with E-state index in [1.54, 1.807) is 0 Å². The molecule has 0 aliphatic carbocycles. The Morgan fingerprint density at radius 1 is 1.05 bits per heavy atom. The second kappa shape index (κ2) is 12.4. The molecule has 10 nitrogen and oxygen atoms in total. The molecule has 0 bridgehead atoms. The predicted octanol–water partition coefficient (Wildman–Crippen LogP) is 3.62. The van der Waals surface area contributed by atoms with Crippen molar-refractivity contribution in [2.24, 2.45) is 0 Å². The van der Waals surface area contributed by atoms with Gasteiger partial charge >= 0.3 is 0 Å². The smallest absolute Gasteiger partial charge is 0.238 e. The normalized spacial score (nSPS) is 13.8. The Labute approximate surface area is 222 Å². The number of nitrogens with zero attached hydrogens (tertiary/aromatic N) is 6. The van der Waals surface area contributed by atoms with E-state index in [0.717, 1.165) is 48.7 Å². The lowest BCUT2D eigenvalue weighted by atomic mass is 10.0. The Kier molecular flexibility index (Phi) is 8.32. The molecule has 0 radical (unpaired) electrons. The van der Waals surface area contributed by atoms with Crippen molar-refractivity contribution in [2.75, 3.05) is 49.6 Å². The zero-order chi connectivity index (χ0) is 26.2. The van der Waals surface area contributed by atoms with Crippen molar-refractivity contribution in [3.05, 3.63) is 72.3 Å². The highest BCUT2D eigenvalue weighted by atomic mass is 16.5. The van der Waals surface area contributed by atoms with Crippen LogP contribution in [0.1, 0.15) is 18.9 Å². The number of aromatic nitrogens is 5. The van der Waals surface area contributed by atoms with E-state index in [1.807, 2.05) is 54.6 Å². The van der Waals surface area contributed by atoms with Crippen LogP contribution in [0, 0.1) is 0 Å². The van der Waals surface area contributed by atoms with Gasteiger partial charge in [0.2, 0.25) is 11.7 Å². The fourth-order valence-corrected chi connectivity index (χ4v) is 4.58. The van der Waals surface area contributed by atoms with E-state index in [0.29, 0.717) is 37.8 Å². The minimum atomic E-state index is -0.0634. The van der Waals surface area contributed by atoms with Gasteiger partial charge in [0, 0.05) is 49.1 Å². The van der Waals surface area contributed by atoms with Crippen LogP contribution < -0.4 is 10.2 Å². The van der Waals surface area contributed by atoms with Gasteiger partial charge in [-0.05, 0) is 23.3 Å². The van der Waals surface area contributed by atoms with Gasteiger partial charge in [-0.25, -0.2) is 4.98 Å². The standard InChI is InChI=1S/C28H32N8O2/c1-2-12-36(19-21-8-4-3-5-9-21)26-18-22(29-27(37)20-35-13-15-38-16-14-35)17-25(30-26)23-10-6-7-11-24(23)28-31-33-34-32-28/h3-11,17-18H,2,12-16,19-20H2,1H3,(H,29,30,37)(H,31,32,33,34). The van der Waals surface area contributed by atoms with Crippen molar-refractivity contribution in [3.8, 4) is 22.6 Å². The van der Waals surface area contributed by atoms with Crippen molar-refractivity contribution >= 4 is 17.4 Å². The number of morpholine rings is 1. The molecule has 196 valence electrons. The predicted molar refractivity (Wildman–Crippen MR) is 147 cm³/mol. The number of anilines is 2. The van der Waals surface area contributed by atoms with E-state index in [-0.39, 0.29) is 5.91 Å². The van der Waals surface area contributed by atoms with E-state index >= 15 is 0 Å². The lowest BCUT2D eigenvalue weighted by Crippen LogP contribution is -2.41. The number of hydrogen-bond donors (Lipinski definition) is 2. The number of hydrogen-bond acceptors (Lipinski definition) is 8. The number of pyridine rings is 1. The van der Waals surface area contributed by atoms with Crippen molar-refractivity contribution in [3.63, 3.8) is 0 Å². The summed E-state index contributed by atoms with van der Waals surface area (Å²) >= 11 is 0. The minimum Gasteiger partial charge on any atom is -0.379 e. The Bertz CT molecular complexity index is 1320. The largest absolute Gasteiger partial charge is 0.379 e. The molecule has 1 amide bonds. The fraction of sp³-hybridized carbons (Fsp3) is 0.321. The number of amides is 1. The molecule has 1 fully saturated rings. The van der Waals surface area contributed by atoms with Gasteiger partial charge < -0.3 is 15.0 Å². The van der Waals surface area contributed by atoms with E-state index in [2.05, 4.69) is 54.8 Å². The lowest BCUT2D eigenvalue weighted by molar-refractivity contribution is -0.118. The summed E-state index contributed by atoms with van der Waals surface area (Å²) in [5, 5.41) is 17.7. The topological polar surface area (TPSA) is 112 Å². The molecule has 10 heteroatoms. The van der Waals surface area contributed by atoms with Crippen molar-refractivity contribution < 1.29 is 9.53 Å². The third kappa shape index (κ3) is 6.39. The van der Waals surface area contributed by atoms with Crippen LogP contribution in [-0.2, 0) is 16.1 Å². The number of ether oxygens (including phenoxy) is 1. The summed E-state index contributed by atoms with van der Waals surface area (Å²) in [5.74, 6) is 1.21. The molecule has 2 N–H and O–H groups in total. The van der Waals surface area contributed by atoms with Crippen LogP contribution in [0.4, 0.5) is 11.5 Å². The minimum absolute atomic E-state index is 0.0634. The van der Waals surface area contributed by atoms with Crippen LogP contribution in [0.2, 0.25) is 0 Å². The number of carbonyl (C=O) groups excluding carboxylic acids is 1. The number of benzene rings is 2. The van der Waals surface area contributed by atoms with Crippen LogP contribution in [0.5, 0.6) is 0 Å². The molecule has 0 saturated carbocycles. The molecule has 0 atom stereocenters. The van der Waals surface area contributed by atoms with Gasteiger partial charge in [0.15, 0.2) is 0 Å². The molecular weight excluding hydrogens is 480 g/mol. The first-order chi connectivity index (χ1) is 18.7. The molecule has 1 aliphatic heterocycles. The van der Waals surface area contributed by atoms with E-state index in [1.165, 1.54) is 5.56 Å². The van der Waals surface area contributed by atoms with Gasteiger partial charge in [-0.15, -0.1) is 10.2 Å². The molecule has 0 spiro atoms. The Balaban J connectivity index is 1.51. The number of nitrogens with one attached hydrogen (secondary N) is 2. The van der Waals surface area contributed by atoms with Gasteiger partial charge in [0.25, 0.3) is 0 Å². The van der Waals surface area contributed by atoms with Crippen LogP contribution in [0.25, 0.3) is 22.6 Å². The zero-order valence-electron chi connectivity index (χ0n) is 21.5. The van der Waals surface area contributed by atoms with E-state index in [9.17, 15) is 4.79 Å². The number of H-pyrrole nitrogens is 1. The van der Waals surface area contributed by atoms with Crippen molar-refractivity contribution in [1.82, 2.24) is 30.5 Å². The Morgan fingerprint density at radius 3 is 2.55 bits per heavy atom.